The molecule has 0 heterocycles. The molecular weight excluding hydrogens is 312 g/mol. The predicted octanol–water partition coefficient (Wildman–Crippen LogP) is 4.84. The Hall–Kier alpha value is -1.29. The van der Waals surface area contributed by atoms with Crippen LogP contribution in [0.1, 0.15) is 24.1 Å². The Morgan fingerprint density at radius 2 is 1.90 bits per heavy atom. The normalized spacial score (nSPS) is 12.2. The largest absolute Gasteiger partial charge is 0.495 e. The summed E-state index contributed by atoms with van der Waals surface area (Å²) in [5.74, 6) is 0.239. The van der Waals surface area contributed by atoms with Gasteiger partial charge in [0, 0.05) is 5.02 Å². The zero-order valence-electron chi connectivity index (χ0n) is 11.8. The summed E-state index contributed by atoms with van der Waals surface area (Å²) in [7, 11) is 1.57. The Kier molecular flexibility index (Phi) is 5.45. The van der Waals surface area contributed by atoms with Gasteiger partial charge in [0.25, 0.3) is 0 Å². The number of halogens is 3. The van der Waals surface area contributed by atoms with Crippen LogP contribution in [-0.4, -0.2) is 13.7 Å². The molecule has 1 unspecified atom stereocenters. The van der Waals surface area contributed by atoms with E-state index in [4.69, 9.17) is 27.9 Å². The first kappa shape index (κ1) is 16.1. The lowest BCUT2D eigenvalue weighted by Crippen LogP contribution is -2.22. The molecule has 0 aliphatic heterocycles. The van der Waals surface area contributed by atoms with Crippen LogP contribution in [0.25, 0.3) is 0 Å². The Balaban J connectivity index is 2.47. The van der Waals surface area contributed by atoms with Crippen molar-refractivity contribution < 1.29 is 9.13 Å². The molecule has 0 bridgehead atoms. The molecule has 0 spiro atoms. The van der Waals surface area contributed by atoms with E-state index in [1.54, 1.807) is 19.2 Å². The molecule has 112 valence electrons. The predicted molar refractivity (Wildman–Crippen MR) is 84.9 cm³/mol. The molecule has 0 saturated heterocycles. The van der Waals surface area contributed by atoms with E-state index in [-0.39, 0.29) is 11.9 Å². The van der Waals surface area contributed by atoms with Gasteiger partial charge in [-0.15, -0.1) is 0 Å². The van der Waals surface area contributed by atoms with Crippen molar-refractivity contribution in [3.63, 3.8) is 0 Å². The Labute approximate surface area is 133 Å². The topological polar surface area (TPSA) is 21.3 Å². The van der Waals surface area contributed by atoms with E-state index in [9.17, 15) is 4.39 Å². The van der Waals surface area contributed by atoms with Crippen LogP contribution < -0.4 is 10.1 Å². The summed E-state index contributed by atoms with van der Waals surface area (Å²) in [4.78, 5) is 0. The first-order chi connectivity index (χ1) is 10.1. The lowest BCUT2D eigenvalue weighted by atomic mass is 9.98. The molecule has 0 aromatic heterocycles. The highest BCUT2D eigenvalue weighted by molar-refractivity contribution is 6.32. The van der Waals surface area contributed by atoms with E-state index >= 15 is 0 Å². The zero-order chi connectivity index (χ0) is 15.4. The summed E-state index contributed by atoms with van der Waals surface area (Å²) < 4.78 is 18.5. The van der Waals surface area contributed by atoms with Crippen LogP contribution >= 0.6 is 23.2 Å². The van der Waals surface area contributed by atoms with Gasteiger partial charge in [0.2, 0.25) is 0 Å². The summed E-state index contributed by atoms with van der Waals surface area (Å²) in [6.45, 7) is 2.74. The van der Waals surface area contributed by atoms with Crippen molar-refractivity contribution in [2.45, 2.75) is 13.0 Å². The molecule has 0 amide bonds. The second-order valence-electron chi connectivity index (χ2n) is 4.55. The highest BCUT2D eigenvalue weighted by atomic mass is 35.5. The highest BCUT2D eigenvalue weighted by Crippen LogP contribution is 2.33. The van der Waals surface area contributed by atoms with Crippen molar-refractivity contribution in [1.82, 2.24) is 5.32 Å². The first-order valence-corrected chi connectivity index (χ1v) is 7.34. The first-order valence-electron chi connectivity index (χ1n) is 6.58. The maximum Gasteiger partial charge on any atom is 0.137 e. The average molecular weight is 328 g/mol. The molecule has 0 saturated carbocycles. The second-order valence-corrected chi connectivity index (χ2v) is 5.36. The summed E-state index contributed by atoms with van der Waals surface area (Å²) in [6.07, 6.45) is 0. The fourth-order valence-corrected chi connectivity index (χ4v) is 2.67. The van der Waals surface area contributed by atoms with Crippen molar-refractivity contribution >= 4 is 23.2 Å². The van der Waals surface area contributed by atoms with Crippen LogP contribution in [0.2, 0.25) is 10.0 Å². The molecule has 2 aromatic rings. The lowest BCUT2D eigenvalue weighted by Gasteiger charge is -2.21. The number of rotatable bonds is 5. The number of benzene rings is 2. The third-order valence-electron chi connectivity index (χ3n) is 3.19. The van der Waals surface area contributed by atoms with E-state index in [2.05, 4.69) is 5.32 Å². The molecule has 21 heavy (non-hydrogen) atoms. The van der Waals surface area contributed by atoms with Crippen LogP contribution in [0.3, 0.4) is 0 Å². The molecule has 5 heteroatoms. The molecule has 1 N–H and O–H groups in total. The van der Waals surface area contributed by atoms with Gasteiger partial charge in [0.1, 0.15) is 11.6 Å². The molecule has 0 radical (unpaired) electrons. The molecular formula is C16H16Cl2FNO. The van der Waals surface area contributed by atoms with Gasteiger partial charge in [-0.25, -0.2) is 4.39 Å². The van der Waals surface area contributed by atoms with Gasteiger partial charge >= 0.3 is 0 Å². The van der Waals surface area contributed by atoms with Crippen LogP contribution in [-0.2, 0) is 0 Å². The minimum Gasteiger partial charge on any atom is -0.495 e. The van der Waals surface area contributed by atoms with Gasteiger partial charge in [-0.05, 0) is 41.9 Å². The van der Waals surface area contributed by atoms with Gasteiger partial charge in [0.15, 0.2) is 0 Å². The summed E-state index contributed by atoms with van der Waals surface area (Å²) in [5.41, 5.74) is 1.76. The van der Waals surface area contributed by atoms with Gasteiger partial charge < -0.3 is 10.1 Å². The molecule has 2 rings (SSSR count). The molecule has 0 aliphatic carbocycles. The minimum atomic E-state index is -0.354. The van der Waals surface area contributed by atoms with Crippen LogP contribution in [0.15, 0.2) is 36.4 Å². The zero-order valence-corrected chi connectivity index (χ0v) is 13.3. The summed E-state index contributed by atoms with van der Waals surface area (Å²) in [6, 6.07) is 9.78. The van der Waals surface area contributed by atoms with E-state index in [1.807, 2.05) is 19.1 Å². The lowest BCUT2D eigenvalue weighted by molar-refractivity contribution is 0.414. The molecule has 0 aliphatic rings. The smallest absolute Gasteiger partial charge is 0.137 e. The fourth-order valence-electron chi connectivity index (χ4n) is 2.20. The van der Waals surface area contributed by atoms with Gasteiger partial charge in [-0.3, -0.25) is 0 Å². The fraction of sp³-hybridized carbons (Fsp3) is 0.250. The Morgan fingerprint density at radius 1 is 1.14 bits per heavy atom. The number of nitrogens with one attached hydrogen (secondary N) is 1. The maximum atomic E-state index is 13.2. The number of methoxy groups -OCH3 is 1. The van der Waals surface area contributed by atoms with Crippen LogP contribution in [0, 0.1) is 5.82 Å². The van der Waals surface area contributed by atoms with Crippen LogP contribution in [0.5, 0.6) is 5.75 Å². The van der Waals surface area contributed by atoms with Gasteiger partial charge in [0.05, 0.1) is 18.2 Å². The molecule has 1 atom stereocenters. The number of hydrogen-bond donors (Lipinski definition) is 1. The molecule has 2 nitrogen and oxygen atoms in total. The quantitative estimate of drug-likeness (QED) is 0.848. The standard InChI is InChI=1S/C16H16Cl2FNO/c1-3-20-16(12-6-5-11(19)9-14(12)18)10-4-7-13(17)15(8-10)21-2/h4-9,16,20H,3H2,1-2H3. The van der Waals surface area contributed by atoms with E-state index in [1.165, 1.54) is 12.1 Å². The monoisotopic (exact) mass is 327 g/mol. The molecule has 2 aromatic carbocycles. The summed E-state index contributed by atoms with van der Waals surface area (Å²) in [5, 5.41) is 4.27. The maximum absolute atomic E-state index is 13.2. The van der Waals surface area contributed by atoms with Crippen molar-refractivity contribution in [2.75, 3.05) is 13.7 Å². The van der Waals surface area contributed by atoms with Crippen molar-refractivity contribution in [2.24, 2.45) is 0 Å². The SMILES string of the molecule is CCNC(c1ccc(Cl)c(OC)c1)c1ccc(F)cc1Cl. The second kappa shape index (κ2) is 7.12. The summed E-state index contributed by atoms with van der Waals surface area (Å²) >= 11 is 12.2. The van der Waals surface area contributed by atoms with Gasteiger partial charge in [-0.1, -0.05) is 42.3 Å². The van der Waals surface area contributed by atoms with Crippen molar-refractivity contribution in [1.29, 1.82) is 0 Å². The van der Waals surface area contributed by atoms with Crippen molar-refractivity contribution in [3.05, 3.63) is 63.4 Å². The van der Waals surface area contributed by atoms with E-state index < -0.39 is 0 Å². The Bertz CT molecular complexity index is 634. The third kappa shape index (κ3) is 3.67. The Morgan fingerprint density at radius 3 is 2.52 bits per heavy atom. The van der Waals surface area contributed by atoms with Crippen LogP contribution in [0.4, 0.5) is 4.39 Å². The number of ether oxygens (including phenoxy) is 1. The average Bonchev–Trinajstić information content (AvgIpc) is 2.46. The van der Waals surface area contributed by atoms with E-state index in [0.717, 1.165) is 17.7 Å². The third-order valence-corrected chi connectivity index (χ3v) is 3.83. The molecule has 0 fully saturated rings. The van der Waals surface area contributed by atoms with Gasteiger partial charge in [-0.2, -0.15) is 0 Å². The highest BCUT2D eigenvalue weighted by Gasteiger charge is 2.18. The number of hydrogen-bond acceptors (Lipinski definition) is 2. The van der Waals surface area contributed by atoms with Crippen molar-refractivity contribution in [3.8, 4) is 5.75 Å². The minimum absolute atomic E-state index is 0.158. The van der Waals surface area contributed by atoms with E-state index in [0.29, 0.717) is 15.8 Å².